The van der Waals surface area contributed by atoms with Crippen molar-refractivity contribution in [1.82, 2.24) is 10.6 Å². The Morgan fingerprint density at radius 3 is 2.67 bits per heavy atom. The fourth-order valence-electron chi connectivity index (χ4n) is 1.66. The zero-order valence-electron chi connectivity index (χ0n) is 11.6. The van der Waals surface area contributed by atoms with Gasteiger partial charge in [-0.3, -0.25) is 4.79 Å². The maximum atomic E-state index is 11.6. The molecule has 1 aromatic carbocycles. The average Bonchev–Trinajstić information content (AvgIpc) is 2.33. The molecule has 0 spiro atoms. The van der Waals surface area contributed by atoms with Crippen molar-refractivity contribution in [2.45, 2.75) is 33.7 Å². The van der Waals surface area contributed by atoms with Gasteiger partial charge in [0.05, 0.1) is 6.54 Å². The summed E-state index contributed by atoms with van der Waals surface area (Å²) in [6.45, 7) is 8.33. The fraction of sp³-hybridized carbons (Fsp3) is 0.533. The Labute approximate surface area is 110 Å². The minimum Gasteiger partial charge on any atom is -0.351 e. The lowest BCUT2D eigenvalue weighted by Gasteiger charge is -2.09. The number of hydrogen-bond acceptors (Lipinski definition) is 2. The van der Waals surface area contributed by atoms with Crippen LogP contribution in [0.25, 0.3) is 0 Å². The number of aryl methyl sites for hydroxylation is 1. The van der Waals surface area contributed by atoms with Gasteiger partial charge in [0.1, 0.15) is 0 Å². The molecular weight excluding hydrogens is 224 g/mol. The summed E-state index contributed by atoms with van der Waals surface area (Å²) in [5, 5.41) is 6.08. The first-order valence-corrected chi connectivity index (χ1v) is 6.61. The van der Waals surface area contributed by atoms with Gasteiger partial charge in [-0.25, -0.2) is 0 Å². The van der Waals surface area contributed by atoms with Gasteiger partial charge < -0.3 is 10.6 Å². The average molecular weight is 248 g/mol. The number of hydrogen-bond donors (Lipinski definition) is 2. The lowest BCUT2D eigenvalue weighted by atomic mass is 10.1. The summed E-state index contributed by atoms with van der Waals surface area (Å²) < 4.78 is 0. The number of benzene rings is 1. The summed E-state index contributed by atoms with van der Waals surface area (Å²) in [5.41, 5.74) is 2.39. The van der Waals surface area contributed by atoms with E-state index < -0.39 is 0 Å². The molecule has 2 N–H and O–H groups in total. The van der Waals surface area contributed by atoms with Crippen LogP contribution in [-0.4, -0.2) is 19.0 Å². The number of carbonyl (C=O) groups is 1. The van der Waals surface area contributed by atoms with E-state index in [1.165, 1.54) is 11.1 Å². The Kier molecular flexibility index (Phi) is 6.44. The van der Waals surface area contributed by atoms with Crippen LogP contribution in [0.4, 0.5) is 0 Å². The molecule has 1 amide bonds. The summed E-state index contributed by atoms with van der Waals surface area (Å²) in [6.07, 6.45) is 1.10. The SMILES string of the molecule is Cc1ccccc1CNC(=O)CNCCC(C)C. The van der Waals surface area contributed by atoms with Crippen molar-refractivity contribution in [2.24, 2.45) is 5.92 Å². The molecule has 1 rings (SSSR count). The molecule has 0 saturated carbocycles. The van der Waals surface area contributed by atoms with Crippen LogP contribution in [0.3, 0.4) is 0 Å². The quantitative estimate of drug-likeness (QED) is 0.727. The van der Waals surface area contributed by atoms with E-state index in [0.717, 1.165) is 13.0 Å². The summed E-state index contributed by atoms with van der Waals surface area (Å²) >= 11 is 0. The number of nitrogens with one attached hydrogen (secondary N) is 2. The van der Waals surface area contributed by atoms with Crippen LogP contribution < -0.4 is 10.6 Å². The monoisotopic (exact) mass is 248 g/mol. The normalized spacial score (nSPS) is 10.7. The van der Waals surface area contributed by atoms with Gasteiger partial charge in [0.25, 0.3) is 0 Å². The van der Waals surface area contributed by atoms with Gasteiger partial charge in [0, 0.05) is 6.54 Å². The molecule has 0 fully saturated rings. The molecule has 100 valence electrons. The molecule has 0 bridgehead atoms. The van der Waals surface area contributed by atoms with E-state index in [1.54, 1.807) is 0 Å². The highest BCUT2D eigenvalue weighted by Crippen LogP contribution is 2.05. The van der Waals surface area contributed by atoms with E-state index in [4.69, 9.17) is 0 Å². The van der Waals surface area contributed by atoms with E-state index in [2.05, 4.69) is 37.5 Å². The van der Waals surface area contributed by atoms with Crippen molar-refractivity contribution in [2.75, 3.05) is 13.1 Å². The maximum absolute atomic E-state index is 11.6. The Morgan fingerprint density at radius 1 is 1.28 bits per heavy atom. The molecule has 3 heteroatoms. The summed E-state index contributed by atoms with van der Waals surface area (Å²) in [7, 11) is 0. The third kappa shape index (κ3) is 5.82. The van der Waals surface area contributed by atoms with Crippen LogP contribution in [0.5, 0.6) is 0 Å². The van der Waals surface area contributed by atoms with E-state index in [1.807, 2.05) is 18.2 Å². The van der Waals surface area contributed by atoms with Gasteiger partial charge in [-0.15, -0.1) is 0 Å². The molecule has 0 heterocycles. The summed E-state index contributed by atoms with van der Waals surface area (Å²) in [4.78, 5) is 11.6. The maximum Gasteiger partial charge on any atom is 0.234 e. The topological polar surface area (TPSA) is 41.1 Å². The Bertz CT molecular complexity index is 375. The van der Waals surface area contributed by atoms with Crippen LogP contribution in [-0.2, 0) is 11.3 Å². The summed E-state index contributed by atoms with van der Waals surface area (Å²) in [6, 6.07) is 8.10. The van der Waals surface area contributed by atoms with Crippen molar-refractivity contribution in [3.63, 3.8) is 0 Å². The second kappa shape index (κ2) is 7.88. The smallest absolute Gasteiger partial charge is 0.234 e. The molecule has 0 aliphatic carbocycles. The second-order valence-corrected chi connectivity index (χ2v) is 5.06. The number of amides is 1. The molecular formula is C15H24N2O. The third-order valence-corrected chi connectivity index (χ3v) is 2.92. The summed E-state index contributed by atoms with van der Waals surface area (Å²) in [5.74, 6) is 0.731. The van der Waals surface area contributed by atoms with Gasteiger partial charge in [0.2, 0.25) is 5.91 Å². The van der Waals surface area contributed by atoms with Crippen molar-refractivity contribution >= 4 is 5.91 Å². The minimum atomic E-state index is 0.0574. The largest absolute Gasteiger partial charge is 0.351 e. The van der Waals surface area contributed by atoms with E-state index in [9.17, 15) is 4.79 Å². The molecule has 0 atom stereocenters. The molecule has 1 aromatic rings. The first-order valence-electron chi connectivity index (χ1n) is 6.61. The van der Waals surface area contributed by atoms with Crippen LogP contribution in [0.2, 0.25) is 0 Å². The van der Waals surface area contributed by atoms with Crippen LogP contribution >= 0.6 is 0 Å². The van der Waals surface area contributed by atoms with Crippen molar-refractivity contribution in [1.29, 1.82) is 0 Å². The lowest BCUT2D eigenvalue weighted by Crippen LogP contribution is -2.34. The van der Waals surface area contributed by atoms with Crippen molar-refractivity contribution in [3.05, 3.63) is 35.4 Å². The predicted molar refractivity (Wildman–Crippen MR) is 75.4 cm³/mol. The molecule has 0 aliphatic rings. The minimum absolute atomic E-state index is 0.0574. The molecule has 3 nitrogen and oxygen atoms in total. The van der Waals surface area contributed by atoms with Gasteiger partial charge in [-0.05, 0) is 36.9 Å². The van der Waals surface area contributed by atoms with Crippen LogP contribution in [0, 0.1) is 12.8 Å². The van der Waals surface area contributed by atoms with Crippen LogP contribution in [0.1, 0.15) is 31.4 Å². The Morgan fingerprint density at radius 2 is 2.00 bits per heavy atom. The van der Waals surface area contributed by atoms with E-state index in [-0.39, 0.29) is 5.91 Å². The van der Waals surface area contributed by atoms with Gasteiger partial charge in [0.15, 0.2) is 0 Å². The third-order valence-electron chi connectivity index (χ3n) is 2.92. The van der Waals surface area contributed by atoms with Crippen molar-refractivity contribution in [3.8, 4) is 0 Å². The van der Waals surface area contributed by atoms with Gasteiger partial charge in [-0.2, -0.15) is 0 Å². The van der Waals surface area contributed by atoms with Gasteiger partial charge >= 0.3 is 0 Å². The Balaban J connectivity index is 2.19. The first-order chi connectivity index (χ1) is 8.59. The molecule has 0 radical (unpaired) electrons. The number of rotatable bonds is 7. The highest BCUT2D eigenvalue weighted by Gasteiger charge is 2.02. The zero-order valence-corrected chi connectivity index (χ0v) is 11.6. The zero-order chi connectivity index (χ0) is 13.4. The highest BCUT2D eigenvalue weighted by atomic mass is 16.1. The first kappa shape index (κ1) is 14.7. The molecule has 0 aromatic heterocycles. The van der Waals surface area contributed by atoms with E-state index in [0.29, 0.717) is 19.0 Å². The van der Waals surface area contributed by atoms with Crippen LogP contribution in [0.15, 0.2) is 24.3 Å². The fourth-order valence-corrected chi connectivity index (χ4v) is 1.66. The second-order valence-electron chi connectivity index (χ2n) is 5.06. The molecule has 0 aliphatic heterocycles. The standard InChI is InChI=1S/C15H24N2O/c1-12(2)8-9-16-11-15(18)17-10-14-7-5-4-6-13(14)3/h4-7,12,16H,8-11H2,1-3H3,(H,17,18). The van der Waals surface area contributed by atoms with Gasteiger partial charge in [-0.1, -0.05) is 38.1 Å². The highest BCUT2D eigenvalue weighted by molar-refractivity contribution is 5.77. The lowest BCUT2D eigenvalue weighted by molar-refractivity contribution is -0.120. The number of carbonyl (C=O) groups excluding carboxylic acids is 1. The molecule has 0 unspecified atom stereocenters. The van der Waals surface area contributed by atoms with Crippen molar-refractivity contribution < 1.29 is 4.79 Å². The molecule has 18 heavy (non-hydrogen) atoms. The van der Waals surface area contributed by atoms with E-state index >= 15 is 0 Å². The Hall–Kier alpha value is -1.35. The molecule has 0 saturated heterocycles. The predicted octanol–water partition coefficient (Wildman–Crippen LogP) is 2.25.